The number of amides is 1. The van der Waals surface area contributed by atoms with Crippen LogP contribution in [0.15, 0.2) is 42.5 Å². The topological polar surface area (TPSA) is 58.6 Å². The molecule has 1 fully saturated rings. The summed E-state index contributed by atoms with van der Waals surface area (Å²) < 4.78 is 40.0. The van der Waals surface area contributed by atoms with E-state index in [9.17, 15) is 18.1 Å². The molecular formula is C26H30Cl3F2N3O2S. The normalized spacial score (nSPS) is 21.0. The van der Waals surface area contributed by atoms with Crippen molar-refractivity contribution in [3.63, 3.8) is 0 Å². The molecule has 0 bridgehead atoms. The first-order valence-electron chi connectivity index (χ1n) is 12.1. The lowest BCUT2D eigenvalue weighted by molar-refractivity contribution is -0.146. The molecule has 11 heteroatoms. The number of likely N-dealkylation sites (N-methyl/N-ethyl adjacent to an activating group) is 2. The van der Waals surface area contributed by atoms with Gasteiger partial charge in [-0.05, 0) is 53.9 Å². The van der Waals surface area contributed by atoms with Crippen molar-refractivity contribution in [2.45, 2.75) is 40.7 Å². The first-order valence-corrected chi connectivity index (χ1v) is 14.5. The fraction of sp³-hybridized carbons (Fsp3) is 0.500. The molecule has 2 aromatic carbocycles. The summed E-state index contributed by atoms with van der Waals surface area (Å²) in [5, 5.41) is -0.0299. The van der Waals surface area contributed by atoms with E-state index in [0.717, 1.165) is 36.4 Å². The summed E-state index contributed by atoms with van der Waals surface area (Å²) in [7, 11) is 3.03. The molecular weight excluding hydrogens is 563 g/mol. The van der Waals surface area contributed by atoms with Gasteiger partial charge in [-0.2, -0.15) is 8.78 Å². The van der Waals surface area contributed by atoms with Gasteiger partial charge in [-0.1, -0.05) is 53.5 Å². The molecule has 2 atom stereocenters. The Hall–Kier alpha value is -1.13. The second-order valence-corrected chi connectivity index (χ2v) is 12.9. The predicted octanol–water partition coefficient (Wildman–Crippen LogP) is 5.34. The summed E-state index contributed by atoms with van der Waals surface area (Å²) in [4.78, 5) is 15.5. The maximum Gasteiger partial charge on any atom is 0.399 e. The average molecular weight is 593 g/mol. The molecule has 1 amide bonds. The first kappa shape index (κ1) is 28.9. The van der Waals surface area contributed by atoms with Crippen molar-refractivity contribution in [1.82, 2.24) is 15.1 Å². The highest BCUT2D eigenvalue weighted by atomic mass is 35.5. The van der Waals surface area contributed by atoms with Gasteiger partial charge in [-0.25, -0.2) is 0 Å². The van der Waals surface area contributed by atoms with E-state index in [1.165, 1.54) is 18.2 Å². The molecule has 0 aliphatic carbocycles. The molecule has 1 saturated heterocycles. The van der Waals surface area contributed by atoms with E-state index < -0.39 is 28.0 Å². The SMILES string of the molecule is CNC(CCN1CCC2(CC1)c1ccccc1C[S+]2[O-])(CN(C)C(=O)C(F)(F)Cl)c1ccc(Cl)c(Cl)c1. The van der Waals surface area contributed by atoms with Crippen LogP contribution >= 0.6 is 34.8 Å². The number of nitrogens with zero attached hydrogens (tertiary/aromatic N) is 2. The number of rotatable bonds is 8. The van der Waals surface area contributed by atoms with Crippen LogP contribution < -0.4 is 5.32 Å². The van der Waals surface area contributed by atoms with Gasteiger partial charge in [0.2, 0.25) is 0 Å². The third-order valence-corrected chi connectivity index (χ3v) is 10.8. The largest absolute Gasteiger partial charge is 0.615 e. The lowest BCUT2D eigenvalue weighted by Gasteiger charge is -2.42. The molecule has 2 aliphatic rings. The second-order valence-electron chi connectivity index (χ2n) is 9.85. The van der Waals surface area contributed by atoms with Gasteiger partial charge < -0.3 is 19.7 Å². The number of nitrogens with one attached hydrogen (secondary N) is 1. The highest BCUT2D eigenvalue weighted by molar-refractivity contribution is 7.92. The summed E-state index contributed by atoms with van der Waals surface area (Å²) in [6.45, 7) is 2.09. The highest BCUT2D eigenvalue weighted by Crippen LogP contribution is 2.48. The molecule has 37 heavy (non-hydrogen) atoms. The fourth-order valence-electron chi connectivity index (χ4n) is 5.63. The smallest absolute Gasteiger partial charge is 0.399 e. The molecule has 0 aromatic heterocycles. The molecule has 5 nitrogen and oxygen atoms in total. The lowest BCUT2D eigenvalue weighted by atomic mass is 9.84. The van der Waals surface area contributed by atoms with Crippen LogP contribution in [0.25, 0.3) is 0 Å². The Morgan fingerprint density at radius 3 is 2.49 bits per heavy atom. The molecule has 2 unspecified atom stereocenters. The molecule has 2 heterocycles. The van der Waals surface area contributed by atoms with E-state index in [2.05, 4.69) is 22.3 Å². The minimum absolute atomic E-state index is 0.0578. The zero-order chi connectivity index (χ0) is 27.0. The zero-order valence-electron chi connectivity index (χ0n) is 20.7. The van der Waals surface area contributed by atoms with Crippen LogP contribution in [0.4, 0.5) is 8.78 Å². The number of likely N-dealkylation sites (tertiary alicyclic amines) is 1. The number of piperidine rings is 1. The number of carbonyl (C=O) groups is 1. The van der Waals surface area contributed by atoms with E-state index in [1.54, 1.807) is 25.2 Å². The molecule has 0 radical (unpaired) electrons. The third-order valence-electron chi connectivity index (χ3n) is 7.80. The van der Waals surface area contributed by atoms with Crippen LogP contribution in [0.1, 0.15) is 36.0 Å². The number of alkyl halides is 3. The zero-order valence-corrected chi connectivity index (χ0v) is 23.8. The number of fused-ring (bicyclic) bond motifs is 2. The van der Waals surface area contributed by atoms with Crippen molar-refractivity contribution >= 4 is 51.9 Å². The molecule has 4 rings (SSSR count). The van der Waals surface area contributed by atoms with E-state index in [-0.39, 0.29) is 11.3 Å². The Balaban J connectivity index is 1.52. The summed E-state index contributed by atoms with van der Waals surface area (Å²) >= 11 is 16.5. The molecule has 2 aliphatic heterocycles. The standard InChI is InChI=1S/C26H30Cl3F2N3O2S/c1-32-24(17-33(2)23(35)26(29,30)31,19-7-8-21(27)22(28)15-19)9-12-34-13-10-25(11-14-34)20-6-4-3-5-18(20)16-37(25)36/h3-8,15,32H,9-14,16-17H2,1-2H3. The Morgan fingerprint density at radius 1 is 1.19 bits per heavy atom. The van der Waals surface area contributed by atoms with Crippen LogP contribution in [0.5, 0.6) is 0 Å². The van der Waals surface area contributed by atoms with Gasteiger partial charge >= 0.3 is 11.3 Å². The van der Waals surface area contributed by atoms with Gasteiger partial charge in [-0.15, -0.1) is 0 Å². The maximum absolute atomic E-state index is 13.6. The van der Waals surface area contributed by atoms with Crippen molar-refractivity contribution in [3.8, 4) is 0 Å². The average Bonchev–Trinajstić information content (AvgIpc) is 3.14. The second kappa shape index (κ2) is 11.2. The van der Waals surface area contributed by atoms with Crippen LogP contribution in [0, 0.1) is 0 Å². The number of hydrogen-bond acceptors (Lipinski definition) is 4. The van der Waals surface area contributed by atoms with Gasteiger partial charge in [0.15, 0.2) is 4.75 Å². The number of benzene rings is 2. The lowest BCUT2D eigenvalue weighted by Crippen LogP contribution is -2.54. The minimum Gasteiger partial charge on any atom is -0.615 e. The van der Waals surface area contributed by atoms with E-state index >= 15 is 0 Å². The predicted molar refractivity (Wildman–Crippen MR) is 146 cm³/mol. The molecule has 202 valence electrons. The van der Waals surface area contributed by atoms with E-state index in [0.29, 0.717) is 28.8 Å². The van der Waals surface area contributed by atoms with Gasteiger partial charge in [0.05, 0.1) is 15.6 Å². The fourth-order valence-corrected chi connectivity index (χ4v) is 7.96. The van der Waals surface area contributed by atoms with Crippen LogP contribution in [-0.2, 0) is 32.0 Å². The first-order chi connectivity index (χ1) is 17.4. The Kier molecular flexibility index (Phi) is 8.71. The third kappa shape index (κ3) is 5.76. The quantitative estimate of drug-likeness (QED) is 0.332. The van der Waals surface area contributed by atoms with Crippen molar-refractivity contribution in [2.24, 2.45) is 0 Å². The van der Waals surface area contributed by atoms with Crippen molar-refractivity contribution in [2.75, 3.05) is 40.3 Å². The Labute approximate surface area is 234 Å². The number of halogens is 5. The van der Waals surface area contributed by atoms with Gasteiger partial charge in [0, 0.05) is 57.2 Å². The number of carbonyl (C=O) groups excluding carboxylic acids is 1. The molecule has 0 saturated carbocycles. The minimum atomic E-state index is -4.00. The van der Waals surface area contributed by atoms with E-state index in [1.807, 2.05) is 12.1 Å². The van der Waals surface area contributed by atoms with Crippen LogP contribution in [0.3, 0.4) is 0 Å². The van der Waals surface area contributed by atoms with Crippen molar-refractivity contribution in [3.05, 3.63) is 69.2 Å². The molecule has 2 aromatic rings. The molecule has 1 N–H and O–H groups in total. The summed E-state index contributed by atoms with van der Waals surface area (Å²) in [5.41, 5.74) is 2.21. The maximum atomic E-state index is 13.6. The summed E-state index contributed by atoms with van der Waals surface area (Å²) in [5.74, 6) is -0.877. The van der Waals surface area contributed by atoms with Gasteiger partial charge in [0.25, 0.3) is 0 Å². The van der Waals surface area contributed by atoms with Crippen molar-refractivity contribution in [1.29, 1.82) is 0 Å². The van der Waals surface area contributed by atoms with Crippen LogP contribution in [0.2, 0.25) is 10.0 Å². The highest BCUT2D eigenvalue weighted by Gasteiger charge is 2.52. The van der Waals surface area contributed by atoms with Gasteiger partial charge in [0.1, 0.15) is 5.75 Å². The number of hydrogen-bond donors (Lipinski definition) is 1. The summed E-state index contributed by atoms with van der Waals surface area (Å²) in [6, 6.07) is 13.3. The Morgan fingerprint density at radius 2 is 1.86 bits per heavy atom. The monoisotopic (exact) mass is 591 g/mol. The van der Waals surface area contributed by atoms with Crippen LogP contribution in [-0.4, -0.2) is 65.9 Å². The summed E-state index contributed by atoms with van der Waals surface area (Å²) in [6.07, 6.45) is 2.07. The molecule has 1 spiro atoms. The van der Waals surface area contributed by atoms with Crippen molar-refractivity contribution < 1.29 is 18.1 Å². The van der Waals surface area contributed by atoms with Gasteiger partial charge in [-0.3, -0.25) is 4.79 Å². The van der Waals surface area contributed by atoms with E-state index in [4.69, 9.17) is 34.8 Å². The Bertz CT molecular complexity index is 1140.